The molecule has 2 rings (SSSR count). The molecule has 1 heterocycles. The first-order valence-electron chi connectivity index (χ1n) is 6.22. The van der Waals surface area contributed by atoms with Gasteiger partial charge in [-0.1, -0.05) is 12.1 Å². The molecule has 2 aromatic rings. The first-order valence-corrected chi connectivity index (χ1v) is 7.01. The van der Waals surface area contributed by atoms with Crippen LogP contribution in [0.5, 0.6) is 0 Å². The number of aryl methyl sites for hydroxylation is 3. The van der Waals surface area contributed by atoms with E-state index in [0.717, 1.165) is 11.1 Å². The number of carbonyl (C=O) groups is 1. The summed E-state index contributed by atoms with van der Waals surface area (Å²) in [6.07, 6.45) is 1.40. The summed E-state index contributed by atoms with van der Waals surface area (Å²) in [5, 5.41) is 0. The van der Waals surface area contributed by atoms with Crippen LogP contribution in [0.15, 0.2) is 33.8 Å². The van der Waals surface area contributed by atoms with Crippen LogP contribution in [-0.4, -0.2) is 15.3 Å². The fraction of sp³-hybridized carbons (Fsp3) is 0.267. The summed E-state index contributed by atoms with van der Waals surface area (Å²) in [5.41, 5.74) is 3.18. The highest BCUT2D eigenvalue weighted by molar-refractivity contribution is 9.10. The second-order valence-corrected chi connectivity index (χ2v) is 5.59. The molecule has 1 aromatic carbocycles. The number of Topliss-reactive ketones (excluding diaryl/α,β-unsaturated/α-hetero) is 1. The first-order chi connectivity index (χ1) is 9.40. The maximum absolute atomic E-state index is 12.2. The monoisotopic (exact) mass is 334 g/mol. The van der Waals surface area contributed by atoms with E-state index < -0.39 is 0 Å². The number of carbonyl (C=O) groups excluding carboxylic acids is 1. The van der Waals surface area contributed by atoms with E-state index in [0.29, 0.717) is 15.7 Å². The van der Waals surface area contributed by atoms with Gasteiger partial charge in [0.25, 0.3) is 5.56 Å². The van der Waals surface area contributed by atoms with Gasteiger partial charge < -0.3 is 0 Å². The molecule has 1 aromatic heterocycles. The number of hydrogen-bond acceptors (Lipinski definition) is 3. The second kappa shape index (κ2) is 5.71. The average Bonchev–Trinajstić information content (AvgIpc) is 2.42. The lowest BCUT2D eigenvalue weighted by Gasteiger charge is -2.08. The number of hydrogen-bond donors (Lipinski definition) is 0. The molecule has 0 amide bonds. The lowest BCUT2D eigenvalue weighted by atomic mass is 10.0. The molecule has 20 heavy (non-hydrogen) atoms. The molecular weight excluding hydrogens is 320 g/mol. The molecule has 0 bridgehead atoms. The molecular formula is C15H15BrN2O2. The highest BCUT2D eigenvalue weighted by Gasteiger charge is 2.11. The van der Waals surface area contributed by atoms with Crippen molar-refractivity contribution in [1.82, 2.24) is 9.55 Å². The topological polar surface area (TPSA) is 52.0 Å². The van der Waals surface area contributed by atoms with Crippen LogP contribution in [-0.2, 0) is 6.54 Å². The molecule has 104 valence electrons. The molecule has 4 nitrogen and oxygen atoms in total. The number of ketones is 1. The molecule has 0 aliphatic rings. The van der Waals surface area contributed by atoms with Gasteiger partial charge >= 0.3 is 0 Å². The van der Waals surface area contributed by atoms with Crippen molar-refractivity contribution >= 4 is 21.7 Å². The number of rotatable bonds is 3. The molecule has 0 aliphatic heterocycles. The van der Waals surface area contributed by atoms with Crippen LogP contribution in [0.2, 0.25) is 0 Å². The molecule has 0 saturated carbocycles. The van der Waals surface area contributed by atoms with E-state index in [1.165, 1.54) is 10.9 Å². The van der Waals surface area contributed by atoms with Gasteiger partial charge in [0.15, 0.2) is 5.78 Å². The Morgan fingerprint density at radius 2 is 1.95 bits per heavy atom. The average molecular weight is 335 g/mol. The van der Waals surface area contributed by atoms with Gasteiger partial charge in [-0.3, -0.25) is 14.2 Å². The summed E-state index contributed by atoms with van der Waals surface area (Å²) >= 11 is 3.19. The Hall–Kier alpha value is -1.75. The lowest BCUT2D eigenvalue weighted by molar-refractivity contribution is 0.0970. The van der Waals surface area contributed by atoms with Crippen molar-refractivity contribution in [2.45, 2.75) is 27.3 Å². The summed E-state index contributed by atoms with van der Waals surface area (Å²) in [5.74, 6) is -0.104. The highest BCUT2D eigenvalue weighted by Crippen LogP contribution is 2.11. The Kier molecular flexibility index (Phi) is 4.18. The number of nitrogens with zero attached hydrogens (tertiary/aromatic N) is 2. The Morgan fingerprint density at radius 3 is 2.60 bits per heavy atom. The summed E-state index contributed by atoms with van der Waals surface area (Å²) in [6.45, 7) is 5.69. The second-order valence-electron chi connectivity index (χ2n) is 4.80. The van der Waals surface area contributed by atoms with Gasteiger partial charge in [-0.2, -0.15) is 0 Å². The Morgan fingerprint density at radius 1 is 1.25 bits per heavy atom. The van der Waals surface area contributed by atoms with Gasteiger partial charge in [0.05, 0.1) is 18.6 Å². The Bertz CT molecular complexity index is 735. The normalized spacial score (nSPS) is 10.6. The number of benzene rings is 1. The van der Waals surface area contributed by atoms with E-state index >= 15 is 0 Å². The standard InChI is InChI=1S/C15H15BrN2O2/c1-9-4-5-12(6-10(9)2)13(19)7-18-8-17-11(3)14(16)15(18)20/h4-6,8H,7H2,1-3H3. The van der Waals surface area contributed by atoms with Gasteiger partial charge in [-0.25, -0.2) is 4.98 Å². The zero-order chi connectivity index (χ0) is 14.9. The summed E-state index contributed by atoms with van der Waals surface area (Å²) in [7, 11) is 0. The smallest absolute Gasteiger partial charge is 0.268 e. The van der Waals surface area contributed by atoms with Gasteiger partial charge in [0.2, 0.25) is 0 Å². The largest absolute Gasteiger partial charge is 0.292 e. The minimum atomic E-state index is -0.241. The molecule has 0 aliphatic carbocycles. The lowest BCUT2D eigenvalue weighted by Crippen LogP contribution is -2.25. The minimum absolute atomic E-state index is 0.00673. The van der Waals surface area contributed by atoms with E-state index in [4.69, 9.17) is 0 Å². The van der Waals surface area contributed by atoms with Gasteiger partial charge in [-0.05, 0) is 53.9 Å². The number of aromatic nitrogens is 2. The van der Waals surface area contributed by atoms with Crippen molar-refractivity contribution in [2.24, 2.45) is 0 Å². The predicted octanol–water partition coefficient (Wildman–Crippen LogP) is 2.81. The Labute approximate surface area is 125 Å². The third-order valence-corrected chi connectivity index (χ3v) is 4.21. The van der Waals surface area contributed by atoms with Crippen LogP contribution in [0.1, 0.15) is 27.2 Å². The fourth-order valence-electron chi connectivity index (χ4n) is 1.82. The van der Waals surface area contributed by atoms with Crippen LogP contribution in [0.25, 0.3) is 0 Å². The van der Waals surface area contributed by atoms with Gasteiger partial charge in [0.1, 0.15) is 4.47 Å². The first kappa shape index (κ1) is 14.7. The zero-order valence-electron chi connectivity index (χ0n) is 11.6. The van der Waals surface area contributed by atoms with Crippen molar-refractivity contribution < 1.29 is 4.79 Å². The zero-order valence-corrected chi connectivity index (χ0v) is 13.2. The van der Waals surface area contributed by atoms with Crippen LogP contribution in [0, 0.1) is 20.8 Å². The predicted molar refractivity (Wildman–Crippen MR) is 81.2 cm³/mol. The molecule has 0 saturated heterocycles. The molecule has 0 spiro atoms. The van der Waals surface area contributed by atoms with E-state index in [2.05, 4.69) is 20.9 Å². The van der Waals surface area contributed by atoms with Gasteiger partial charge in [0, 0.05) is 5.56 Å². The summed E-state index contributed by atoms with van der Waals surface area (Å²) in [4.78, 5) is 28.3. The van der Waals surface area contributed by atoms with E-state index in [-0.39, 0.29) is 17.9 Å². The van der Waals surface area contributed by atoms with Crippen molar-refractivity contribution in [2.75, 3.05) is 0 Å². The van der Waals surface area contributed by atoms with Crippen molar-refractivity contribution in [3.8, 4) is 0 Å². The third-order valence-electron chi connectivity index (χ3n) is 3.30. The molecule has 0 radical (unpaired) electrons. The maximum Gasteiger partial charge on any atom is 0.268 e. The van der Waals surface area contributed by atoms with E-state index in [1.54, 1.807) is 13.0 Å². The minimum Gasteiger partial charge on any atom is -0.292 e. The molecule has 0 N–H and O–H groups in total. The quantitative estimate of drug-likeness (QED) is 0.811. The van der Waals surface area contributed by atoms with Crippen LogP contribution in [0.4, 0.5) is 0 Å². The van der Waals surface area contributed by atoms with Crippen molar-refractivity contribution in [1.29, 1.82) is 0 Å². The SMILES string of the molecule is Cc1ccc(C(=O)Cn2cnc(C)c(Br)c2=O)cc1C. The van der Waals surface area contributed by atoms with Crippen LogP contribution in [0.3, 0.4) is 0 Å². The molecule has 0 unspecified atom stereocenters. The van der Waals surface area contributed by atoms with Crippen molar-refractivity contribution in [3.05, 3.63) is 61.7 Å². The Balaban J connectivity index is 2.30. The highest BCUT2D eigenvalue weighted by atomic mass is 79.9. The van der Waals surface area contributed by atoms with Crippen molar-refractivity contribution in [3.63, 3.8) is 0 Å². The van der Waals surface area contributed by atoms with Gasteiger partial charge in [-0.15, -0.1) is 0 Å². The number of halogens is 1. The van der Waals surface area contributed by atoms with Crippen LogP contribution >= 0.6 is 15.9 Å². The molecule has 0 fully saturated rings. The van der Waals surface area contributed by atoms with E-state index in [9.17, 15) is 9.59 Å². The summed E-state index contributed by atoms with van der Waals surface area (Å²) < 4.78 is 1.71. The molecule has 5 heteroatoms. The third kappa shape index (κ3) is 2.88. The summed E-state index contributed by atoms with van der Waals surface area (Å²) in [6, 6.07) is 5.54. The van der Waals surface area contributed by atoms with Crippen LogP contribution < -0.4 is 5.56 Å². The van der Waals surface area contributed by atoms with E-state index in [1.807, 2.05) is 26.0 Å². The fourth-order valence-corrected chi connectivity index (χ4v) is 2.15. The maximum atomic E-state index is 12.2. The molecule has 0 atom stereocenters.